The molecule has 0 aliphatic heterocycles. The molecule has 3 aromatic carbocycles. The Labute approximate surface area is 134 Å². The van der Waals surface area contributed by atoms with E-state index in [1.807, 2.05) is 54.6 Å². The van der Waals surface area contributed by atoms with Gasteiger partial charge in [-0.2, -0.15) is 0 Å². The van der Waals surface area contributed by atoms with Crippen LogP contribution in [0.15, 0.2) is 77.7 Å². The Hall–Kier alpha value is -2.26. The predicted molar refractivity (Wildman–Crippen MR) is 89.9 cm³/mol. The lowest BCUT2D eigenvalue weighted by molar-refractivity contribution is 0.306. The number of rotatable bonds is 4. The maximum atomic E-state index is 13.6. The van der Waals surface area contributed by atoms with E-state index in [-0.39, 0.29) is 5.82 Å². The van der Waals surface area contributed by atoms with E-state index in [2.05, 4.69) is 12.6 Å². The number of benzene rings is 3. The van der Waals surface area contributed by atoms with Gasteiger partial charge in [0.1, 0.15) is 18.2 Å². The summed E-state index contributed by atoms with van der Waals surface area (Å²) in [6.45, 7) is 0.405. The van der Waals surface area contributed by atoms with Crippen molar-refractivity contribution in [3.63, 3.8) is 0 Å². The summed E-state index contributed by atoms with van der Waals surface area (Å²) in [5, 5.41) is 0. The summed E-state index contributed by atoms with van der Waals surface area (Å²) in [7, 11) is 0. The van der Waals surface area contributed by atoms with Crippen LogP contribution in [0.2, 0.25) is 0 Å². The minimum absolute atomic E-state index is 0.308. The number of thiol groups is 1. The average molecular weight is 310 g/mol. The first kappa shape index (κ1) is 14.7. The van der Waals surface area contributed by atoms with Crippen molar-refractivity contribution in [1.82, 2.24) is 0 Å². The largest absolute Gasteiger partial charge is 0.488 e. The van der Waals surface area contributed by atoms with Gasteiger partial charge in [-0.15, -0.1) is 12.6 Å². The molecule has 0 fully saturated rings. The number of ether oxygens (including phenoxy) is 1. The molecule has 0 aromatic heterocycles. The summed E-state index contributed by atoms with van der Waals surface area (Å²) in [5.41, 5.74) is 2.88. The minimum Gasteiger partial charge on any atom is -0.488 e. The van der Waals surface area contributed by atoms with Gasteiger partial charge in [0, 0.05) is 16.5 Å². The number of halogens is 1. The first-order valence-corrected chi connectivity index (χ1v) is 7.43. The molecule has 1 nitrogen and oxygen atoms in total. The normalized spacial score (nSPS) is 10.5. The van der Waals surface area contributed by atoms with Crippen molar-refractivity contribution < 1.29 is 9.13 Å². The van der Waals surface area contributed by atoms with Crippen LogP contribution in [-0.2, 0) is 6.61 Å². The zero-order chi connectivity index (χ0) is 15.4. The molecule has 3 aromatic rings. The van der Waals surface area contributed by atoms with Gasteiger partial charge in [-0.3, -0.25) is 0 Å². The Bertz CT molecular complexity index is 754. The fourth-order valence-electron chi connectivity index (χ4n) is 2.23. The van der Waals surface area contributed by atoms with Crippen molar-refractivity contribution in [3.8, 4) is 16.9 Å². The lowest BCUT2D eigenvalue weighted by Gasteiger charge is -2.12. The summed E-state index contributed by atoms with van der Waals surface area (Å²) in [5.74, 6) is 0.230. The highest BCUT2D eigenvalue weighted by Gasteiger charge is 2.08. The molecular weight excluding hydrogens is 295 g/mol. The standard InChI is InChI=1S/C19H15FOS/c20-16-8-11-18(15-6-9-17(22)10-7-15)19(12-16)21-13-14-4-2-1-3-5-14/h1-12,22H,13H2. The van der Waals surface area contributed by atoms with Crippen molar-refractivity contribution in [2.24, 2.45) is 0 Å². The van der Waals surface area contributed by atoms with Gasteiger partial charge in [-0.1, -0.05) is 42.5 Å². The third-order valence-electron chi connectivity index (χ3n) is 3.36. The van der Waals surface area contributed by atoms with Crippen LogP contribution in [-0.4, -0.2) is 0 Å². The summed E-state index contributed by atoms with van der Waals surface area (Å²) >= 11 is 4.28. The molecule has 0 heterocycles. The lowest BCUT2D eigenvalue weighted by atomic mass is 10.0. The zero-order valence-corrected chi connectivity index (χ0v) is 12.8. The van der Waals surface area contributed by atoms with Crippen LogP contribution in [0.4, 0.5) is 4.39 Å². The fourth-order valence-corrected chi connectivity index (χ4v) is 2.38. The van der Waals surface area contributed by atoms with E-state index < -0.39 is 0 Å². The van der Waals surface area contributed by atoms with Crippen LogP contribution < -0.4 is 4.74 Å². The fraction of sp³-hybridized carbons (Fsp3) is 0.0526. The molecule has 0 aliphatic carbocycles. The smallest absolute Gasteiger partial charge is 0.130 e. The van der Waals surface area contributed by atoms with Gasteiger partial charge in [0.25, 0.3) is 0 Å². The summed E-state index contributed by atoms with van der Waals surface area (Å²) in [6, 6.07) is 22.1. The van der Waals surface area contributed by atoms with Gasteiger partial charge in [-0.25, -0.2) is 4.39 Å². The van der Waals surface area contributed by atoms with Crippen LogP contribution in [0.5, 0.6) is 5.75 Å². The topological polar surface area (TPSA) is 9.23 Å². The van der Waals surface area contributed by atoms with Crippen molar-refractivity contribution in [1.29, 1.82) is 0 Å². The predicted octanol–water partition coefficient (Wildman–Crippen LogP) is 5.36. The Morgan fingerprint density at radius 3 is 2.32 bits per heavy atom. The average Bonchev–Trinajstić information content (AvgIpc) is 2.55. The molecule has 3 heteroatoms. The monoisotopic (exact) mass is 310 g/mol. The molecule has 0 spiro atoms. The van der Waals surface area contributed by atoms with Crippen molar-refractivity contribution in [2.45, 2.75) is 11.5 Å². The first-order valence-electron chi connectivity index (χ1n) is 6.98. The van der Waals surface area contributed by atoms with E-state index in [0.29, 0.717) is 12.4 Å². The lowest BCUT2D eigenvalue weighted by Crippen LogP contribution is -1.97. The van der Waals surface area contributed by atoms with Crippen molar-refractivity contribution in [3.05, 3.63) is 84.2 Å². The quantitative estimate of drug-likeness (QED) is 0.638. The van der Waals surface area contributed by atoms with E-state index in [9.17, 15) is 4.39 Å². The van der Waals surface area contributed by atoms with Crippen LogP contribution >= 0.6 is 12.6 Å². The van der Waals surface area contributed by atoms with E-state index in [0.717, 1.165) is 21.6 Å². The second-order valence-electron chi connectivity index (χ2n) is 4.96. The van der Waals surface area contributed by atoms with Gasteiger partial charge in [0.15, 0.2) is 0 Å². The van der Waals surface area contributed by atoms with E-state index >= 15 is 0 Å². The molecule has 0 saturated carbocycles. The molecule has 0 radical (unpaired) electrons. The van der Waals surface area contributed by atoms with Crippen LogP contribution in [0.1, 0.15) is 5.56 Å². The summed E-state index contributed by atoms with van der Waals surface area (Å²) < 4.78 is 19.4. The maximum absolute atomic E-state index is 13.6. The van der Waals surface area contributed by atoms with Crippen LogP contribution in [0.3, 0.4) is 0 Å². The van der Waals surface area contributed by atoms with Gasteiger partial charge >= 0.3 is 0 Å². The highest BCUT2D eigenvalue weighted by Crippen LogP contribution is 2.31. The van der Waals surface area contributed by atoms with Gasteiger partial charge in [-0.05, 0) is 35.4 Å². The molecule has 22 heavy (non-hydrogen) atoms. The summed E-state index contributed by atoms with van der Waals surface area (Å²) in [6.07, 6.45) is 0. The highest BCUT2D eigenvalue weighted by atomic mass is 32.1. The molecule has 0 aliphatic rings. The Morgan fingerprint density at radius 2 is 1.59 bits per heavy atom. The number of hydrogen-bond donors (Lipinski definition) is 1. The molecule has 0 amide bonds. The molecule has 0 atom stereocenters. The Kier molecular flexibility index (Phi) is 4.45. The zero-order valence-electron chi connectivity index (χ0n) is 11.9. The first-order chi connectivity index (χ1) is 10.7. The molecule has 110 valence electrons. The highest BCUT2D eigenvalue weighted by molar-refractivity contribution is 7.80. The van der Waals surface area contributed by atoms with E-state index in [1.165, 1.54) is 12.1 Å². The third kappa shape index (κ3) is 3.49. The molecule has 3 rings (SSSR count). The second kappa shape index (κ2) is 6.67. The van der Waals surface area contributed by atoms with Crippen LogP contribution in [0, 0.1) is 5.82 Å². The van der Waals surface area contributed by atoms with E-state index in [4.69, 9.17) is 4.74 Å². The summed E-state index contributed by atoms with van der Waals surface area (Å²) in [4.78, 5) is 0.887. The minimum atomic E-state index is -0.308. The molecular formula is C19H15FOS. The van der Waals surface area contributed by atoms with E-state index in [1.54, 1.807) is 6.07 Å². The van der Waals surface area contributed by atoms with Gasteiger partial charge < -0.3 is 4.74 Å². The third-order valence-corrected chi connectivity index (χ3v) is 3.66. The number of hydrogen-bond acceptors (Lipinski definition) is 2. The van der Waals surface area contributed by atoms with Crippen molar-refractivity contribution >= 4 is 12.6 Å². The second-order valence-corrected chi connectivity index (χ2v) is 5.48. The van der Waals surface area contributed by atoms with Gasteiger partial charge in [0.05, 0.1) is 0 Å². The Balaban J connectivity index is 1.89. The molecule has 0 N–H and O–H groups in total. The van der Waals surface area contributed by atoms with Crippen molar-refractivity contribution in [2.75, 3.05) is 0 Å². The molecule has 0 unspecified atom stereocenters. The molecule has 0 saturated heterocycles. The maximum Gasteiger partial charge on any atom is 0.130 e. The molecule has 0 bridgehead atoms. The van der Waals surface area contributed by atoms with Crippen LogP contribution in [0.25, 0.3) is 11.1 Å². The SMILES string of the molecule is Fc1ccc(-c2ccc(S)cc2)c(OCc2ccccc2)c1. The Morgan fingerprint density at radius 1 is 0.864 bits per heavy atom. The van der Waals surface area contributed by atoms with Gasteiger partial charge in [0.2, 0.25) is 0 Å².